The molecule has 0 aliphatic carbocycles. The highest BCUT2D eigenvalue weighted by Gasteiger charge is 2.08. The molecule has 0 aliphatic heterocycles. The van der Waals surface area contributed by atoms with Gasteiger partial charge in [0.15, 0.2) is 0 Å². The van der Waals surface area contributed by atoms with Crippen molar-refractivity contribution in [3.63, 3.8) is 0 Å². The average Bonchev–Trinajstić information content (AvgIpc) is 2.67. The van der Waals surface area contributed by atoms with Crippen molar-refractivity contribution < 1.29 is 9.59 Å². The second-order valence-corrected chi connectivity index (χ2v) is 6.29. The van der Waals surface area contributed by atoms with E-state index in [1.807, 2.05) is 37.3 Å². The van der Waals surface area contributed by atoms with Gasteiger partial charge in [-0.25, -0.2) is 9.97 Å². The normalized spacial score (nSPS) is 10.2. The number of carbonyl (C=O) groups excluding carboxylic acids is 2. The van der Waals surface area contributed by atoms with Crippen LogP contribution in [-0.2, 0) is 11.3 Å². The SMILES string of the molecule is CC(=O)Nc1cccc(Nc2ncc(C(=O)NCc3ccccc3C)cn2)c1. The van der Waals surface area contributed by atoms with Crippen molar-refractivity contribution in [1.29, 1.82) is 0 Å². The van der Waals surface area contributed by atoms with Gasteiger partial charge in [-0.1, -0.05) is 30.3 Å². The van der Waals surface area contributed by atoms with E-state index in [1.54, 1.807) is 18.2 Å². The molecule has 0 unspecified atom stereocenters. The topological polar surface area (TPSA) is 96.0 Å². The first-order valence-corrected chi connectivity index (χ1v) is 8.81. The summed E-state index contributed by atoms with van der Waals surface area (Å²) in [5.41, 5.74) is 3.97. The van der Waals surface area contributed by atoms with Crippen molar-refractivity contribution >= 4 is 29.1 Å². The van der Waals surface area contributed by atoms with E-state index in [0.717, 1.165) is 16.8 Å². The molecular formula is C21H21N5O2. The highest BCUT2D eigenvalue weighted by Crippen LogP contribution is 2.18. The number of hydrogen-bond acceptors (Lipinski definition) is 5. The molecule has 0 radical (unpaired) electrons. The molecule has 0 spiro atoms. The van der Waals surface area contributed by atoms with Gasteiger partial charge in [-0.15, -0.1) is 0 Å². The summed E-state index contributed by atoms with van der Waals surface area (Å²) in [5.74, 6) is -0.0210. The van der Waals surface area contributed by atoms with Crippen LogP contribution in [0, 0.1) is 6.92 Å². The number of nitrogens with one attached hydrogen (secondary N) is 3. The number of nitrogens with zero attached hydrogens (tertiary/aromatic N) is 2. The minimum absolute atomic E-state index is 0.144. The molecule has 0 aliphatic rings. The van der Waals surface area contributed by atoms with E-state index in [2.05, 4.69) is 25.9 Å². The van der Waals surface area contributed by atoms with Crippen molar-refractivity contribution in [2.75, 3.05) is 10.6 Å². The van der Waals surface area contributed by atoms with Gasteiger partial charge in [0.2, 0.25) is 11.9 Å². The second kappa shape index (κ2) is 8.77. The van der Waals surface area contributed by atoms with Gasteiger partial charge in [0.05, 0.1) is 5.56 Å². The summed E-state index contributed by atoms with van der Waals surface area (Å²) in [7, 11) is 0. The molecule has 2 amide bonds. The van der Waals surface area contributed by atoms with Crippen molar-refractivity contribution in [3.05, 3.63) is 77.6 Å². The third-order valence-corrected chi connectivity index (χ3v) is 4.05. The number of rotatable bonds is 6. The van der Waals surface area contributed by atoms with Crippen LogP contribution in [0.4, 0.5) is 17.3 Å². The minimum Gasteiger partial charge on any atom is -0.348 e. The Morgan fingerprint density at radius 2 is 1.68 bits per heavy atom. The summed E-state index contributed by atoms with van der Waals surface area (Å²) in [4.78, 5) is 31.8. The van der Waals surface area contributed by atoms with E-state index in [9.17, 15) is 9.59 Å². The number of aryl methyl sites for hydroxylation is 1. The molecule has 0 atom stereocenters. The van der Waals surface area contributed by atoms with Crippen LogP contribution < -0.4 is 16.0 Å². The van der Waals surface area contributed by atoms with E-state index < -0.39 is 0 Å². The summed E-state index contributed by atoms with van der Waals surface area (Å²) >= 11 is 0. The number of hydrogen-bond donors (Lipinski definition) is 3. The Hall–Kier alpha value is -3.74. The van der Waals surface area contributed by atoms with Crippen LogP contribution in [0.1, 0.15) is 28.4 Å². The molecule has 0 saturated carbocycles. The Labute approximate surface area is 163 Å². The van der Waals surface area contributed by atoms with Crippen LogP contribution in [0.15, 0.2) is 60.9 Å². The quantitative estimate of drug-likeness (QED) is 0.613. The molecule has 142 valence electrons. The molecule has 0 bridgehead atoms. The van der Waals surface area contributed by atoms with Crippen molar-refractivity contribution in [2.45, 2.75) is 20.4 Å². The fourth-order valence-electron chi connectivity index (χ4n) is 2.60. The molecular weight excluding hydrogens is 354 g/mol. The number of carbonyl (C=O) groups is 2. The molecule has 1 aromatic heterocycles. The fourth-order valence-corrected chi connectivity index (χ4v) is 2.60. The van der Waals surface area contributed by atoms with Crippen LogP contribution in [0.25, 0.3) is 0 Å². The average molecular weight is 375 g/mol. The first-order chi connectivity index (χ1) is 13.5. The van der Waals surface area contributed by atoms with E-state index in [4.69, 9.17) is 0 Å². The van der Waals surface area contributed by atoms with E-state index in [-0.39, 0.29) is 11.8 Å². The maximum Gasteiger partial charge on any atom is 0.254 e. The number of anilines is 3. The van der Waals surface area contributed by atoms with E-state index in [1.165, 1.54) is 19.3 Å². The summed E-state index contributed by atoms with van der Waals surface area (Å²) in [6, 6.07) is 15.1. The van der Waals surface area contributed by atoms with E-state index >= 15 is 0 Å². The second-order valence-electron chi connectivity index (χ2n) is 6.29. The monoisotopic (exact) mass is 375 g/mol. The van der Waals surface area contributed by atoms with Gasteiger partial charge >= 0.3 is 0 Å². The Bertz CT molecular complexity index is 986. The predicted octanol–water partition coefficient (Wildman–Crippen LogP) is 3.42. The zero-order valence-corrected chi connectivity index (χ0v) is 15.7. The number of aromatic nitrogens is 2. The van der Waals surface area contributed by atoms with Gasteiger partial charge in [-0.05, 0) is 36.2 Å². The summed E-state index contributed by atoms with van der Waals surface area (Å²) in [5, 5.41) is 8.63. The molecule has 0 saturated heterocycles. The summed E-state index contributed by atoms with van der Waals surface area (Å²) < 4.78 is 0. The molecule has 1 heterocycles. The third kappa shape index (κ3) is 5.14. The molecule has 0 fully saturated rings. The molecule has 3 aromatic rings. The summed E-state index contributed by atoms with van der Waals surface area (Å²) in [6.45, 7) is 3.90. The van der Waals surface area contributed by atoms with Crippen LogP contribution in [-0.4, -0.2) is 21.8 Å². The molecule has 3 rings (SSSR count). The van der Waals surface area contributed by atoms with Gasteiger partial charge in [-0.2, -0.15) is 0 Å². The highest BCUT2D eigenvalue weighted by molar-refractivity contribution is 5.93. The smallest absolute Gasteiger partial charge is 0.254 e. The highest BCUT2D eigenvalue weighted by atomic mass is 16.2. The van der Waals surface area contributed by atoms with Crippen molar-refractivity contribution in [2.24, 2.45) is 0 Å². The first kappa shape index (κ1) is 19.0. The Morgan fingerprint density at radius 1 is 0.964 bits per heavy atom. The molecule has 28 heavy (non-hydrogen) atoms. The lowest BCUT2D eigenvalue weighted by atomic mass is 10.1. The first-order valence-electron chi connectivity index (χ1n) is 8.81. The van der Waals surface area contributed by atoms with E-state index in [0.29, 0.717) is 23.7 Å². The van der Waals surface area contributed by atoms with Gasteiger partial charge in [0.1, 0.15) is 0 Å². The lowest BCUT2D eigenvalue weighted by Crippen LogP contribution is -2.23. The van der Waals surface area contributed by atoms with Crippen LogP contribution in [0.2, 0.25) is 0 Å². The number of benzene rings is 2. The van der Waals surface area contributed by atoms with Crippen molar-refractivity contribution in [1.82, 2.24) is 15.3 Å². The Balaban J connectivity index is 1.61. The van der Waals surface area contributed by atoms with Gasteiger partial charge in [0.25, 0.3) is 5.91 Å². The Morgan fingerprint density at radius 3 is 2.39 bits per heavy atom. The van der Waals surface area contributed by atoms with Crippen LogP contribution in [0.5, 0.6) is 0 Å². The molecule has 2 aromatic carbocycles. The molecule has 3 N–H and O–H groups in total. The molecule has 7 heteroatoms. The predicted molar refractivity (Wildman–Crippen MR) is 108 cm³/mol. The lowest BCUT2D eigenvalue weighted by Gasteiger charge is -2.09. The maximum absolute atomic E-state index is 12.3. The van der Waals surface area contributed by atoms with Gasteiger partial charge < -0.3 is 16.0 Å². The van der Waals surface area contributed by atoms with Crippen molar-refractivity contribution in [3.8, 4) is 0 Å². The van der Waals surface area contributed by atoms with Crippen LogP contribution in [0.3, 0.4) is 0 Å². The Kier molecular flexibility index (Phi) is 5.96. The maximum atomic E-state index is 12.3. The third-order valence-electron chi connectivity index (χ3n) is 4.05. The largest absolute Gasteiger partial charge is 0.348 e. The zero-order chi connectivity index (χ0) is 19.9. The minimum atomic E-state index is -0.234. The zero-order valence-electron chi connectivity index (χ0n) is 15.7. The van der Waals surface area contributed by atoms with Gasteiger partial charge in [-0.3, -0.25) is 9.59 Å². The lowest BCUT2D eigenvalue weighted by molar-refractivity contribution is -0.114. The number of amides is 2. The summed E-state index contributed by atoms with van der Waals surface area (Å²) in [6.07, 6.45) is 2.94. The standard InChI is InChI=1S/C21H21N5O2/c1-14-6-3-4-7-16(14)11-22-20(28)17-12-23-21(24-13-17)26-19-9-5-8-18(10-19)25-15(2)27/h3-10,12-13H,11H2,1-2H3,(H,22,28)(H,25,27)(H,23,24,26). The fraction of sp³-hybridized carbons (Fsp3) is 0.143. The van der Waals surface area contributed by atoms with Gasteiger partial charge in [0, 0.05) is 37.2 Å². The molecule has 7 nitrogen and oxygen atoms in total. The van der Waals surface area contributed by atoms with Crippen LogP contribution >= 0.6 is 0 Å².